The van der Waals surface area contributed by atoms with Crippen LogP contribution < -0.4 is 14.9 Å². The molecule has 2 saturated heterocycles. The number of phenols is 1. The molecule has 0 spiro atoms. The van der Waals surface area contributed by atoms with E-state index in [1.165, 1.54) is 26.2 Å². The normalized spacial score (nSPS) is 33.4. The van der Waals surface area contributed by atoms with Crippen LogP contribution in [0.25, 0.3) is 22.3 Å². The molecule has 2 fully saturated rings. The van der Waals surface area contributed by atoms with Crippen LogP contribution in [0.2, 0.25) is 0 Å². The second-order valence-electron chi connectivity index (χ2n) is 10.1. The van der Waals surface area contributed by atoms with Crippen LogP contribution in [0.3, 0.4) is 0 Å². The van der Waals surface area contributed by atoms with Crippen LogP contribution >= 0.6 is 0 Å². The first kappa shape index (κ1) is 30.2. The van der Waals surface area contributed by atoms with Crippen molar-refractivity contribution in [2.24, 2.45) is 0 Å². The standard InChI is InChI=1S/C28H32O14/c1-11-21(32)23(34)25(36)27(38-11)42-26-24(35)22(33)19(10-29)41-28(26)39-14-7-15(30)20-16(31)9-17(40-18(20)8-14)12-3-5-13(37-2)6-4-12/h3-9,11,19,21-30,32-36H,10H2,1-2H3/t11-,19+,21+,22-,23+,24-,25+,26-,27+,28-/m1/s1. The number of benzene rings is 2. The van der Waals surface area contributed by atoms with Crippen molar-refractivity contribution < 1.29 is 63.8 Å². The van der Waals surface area contributed by atoms with E-state index in [-0.39, 0.29) is 22.5 Å². The molecule has 0 aliphatic carbocycles. The molecule has 7 N–H and O–H groups in total. The zero-order chi connectivity index (χ0) is 30.3. The number of aliphatic hydroxyl groups is 6. The van der Waals surface area contributed by atoms with E-state index in [1.807, 2.05) is 0 Å². The molecule has 3 aromatic rings. The fourth-order valence-corrected chi connectivity index (χ4v) is 4.92. The lowest BCUT2D eigenvalue weighted by Crippen LogP contribution is -2.64. The first-order valence-electron chi connectivity index (χ1n) is 13.1. The molecule has 0 saturated carbocycles. The molecule has 228 valence electrons. The van der Waals surface area contributed by atoms with E-state index in [9.17, 15) is 40.5 Å². The zero-order valence-electron chi connectivity index (χ0n) is 22.5. The van der Waals surface area contributed by atoms with E-state index in [0.717, 1.165) is 6.07 Å². The lowest BCUT2D eigenvalue weighted by atomic mass is 9.97. The van der Waals surface area contributed by atoms with Gasteiger partial charge in [0, 0.05) is 23.8 Å². The van der Waals surface area contributed by atoms with E-state index in [1.54, 1.807) is 24.3 Å². The molecule has 5 rings (SSSR count). The molecule has 14 nitrogen and oxygen atoms in total. The van der Waals surface area contributed by atoms with Crippen LogP contribution in [0.4, 0.5) is 0 Å². The summed E-state index contributed by atoms with van der Waals surface area (Å²) in [6.45, 7) is 0.721. The van der Waals surface area contributed by atoms with Gasteiger partial charge in [-0.05, 0) is 31.2 Å². The molecule has 10 atom stereocenters. The zero-order valence-corrected chi connectivity index (χ0v) is 22.5. The Morgan fingerprint density at radius 3 is 2.21 bits per heavy atom. The molecule has 2 aliphatic rings. The highest BCUT2D eigenvalue weighted by atomic mass is 16.8. The van der Waals surface area contributed by atoms with E-state index in [2.05, 4.69) is 0 Å². The molecule has 14 heteroatoms. The third-order valence-electron chi connectivity index (χ3n) is 7.33. The topological polar surface area (TPSA) is 218 Å². The van der Waals surface area contributed by atoms with E-state index in [4.69, 9.17) is 28.1 Å². The molecule has 2 aromatic carbocycles. The summed E-state index contributed by atoms with van der Waals surface area (Å²) in [5.41, 5.74) is -0.0218. The second kappa shape index (κ2) is 12.1. The lowest BCUT2D eigenvalue weighted by molar-refractivity contribution is -0.354. The summed E-state index contributed by atoms with van der Waals surface area (Å²) in [5.74, 6) is 0.197. The molecule has 0 unspecified atom stereocenters. The predicted octanol–water partition coefficient (Wildman–Crippen LogP) is -0.795. The predicted molar refractivity (Wildman–Crippen MR) is 142 cm³/mol. The van der Waals surface area contributed by atoms with Gasteiger partial charge in [0.25, 0.3) is 0 Å². The third kappa shape index (κ3) is 5.68. The van der Waals surface area contributed by atoms with Crippen LogP contribution in [-0.2, 0) is 14.2 Å². The Bertz CT molecular complexity index is 1440. The van der Waals surface area contributed by atoms with E-state index < -0.39 is 79.2 Å². The minimum atomic E-state index is -1.75. The average molecular weight is 593 g/mol. The van der Waals surface area contributed by atoms with Gasteiger partial charge in [-0.3, -0.25) is 4.79 Å². The SMILES string of the molecule is COc1ccc(-c2cc(=O)c3c(O)cc(O[C@@H]4O[C@@H](CO)[C@@H](O)[C@@H](O)[C@H]4O[C@@H]4O[C@H](C)[C@H](O)[C@H](O)[C@@H]4O)cc3o2)cc1. The number of aromatic hydroxyl groups is 1. The fourth-order valence-electron chi connectivity index (χ4n) is 4.92. The van der Waals surface area contributed by atoms with Crippen LogP contribution in [0.5, 0.6) is 17.2 Å². The molecule has 42 heavy (non-hydrogen) atoms. The second-order valence-corrected chi connectivity index (χ2v) is 10.1. The highest BCUT2D eigenvalue weighted by Gasteiger charge is 2.50. The molecule has 3 heterocycles. The summed E-state index contributed by atoms with van der Waals surface area (Å²) in [6, 6.07) is 10.4. The maximum Gasteiger partial charge on any atom is 0.229 e. The Balaban J connectivity index is 1.47. The fraction of sp³-hybridized carbons (Fsp3) is 0.464. The lowest BCUT2D eigenvalue weighted by Gasteiger charge is -2.45. The molecule has 0 radical (unpaired) electrons. The van der Waals surface area contributed by atoms with Gasteiger partial charge in [0.15, 0.2) is 17.8 Å². The van der Waals surface area contributed by atoms with Crippen LogP contribution in [0.1, 0.15) is 6.92 Å². The number of fused-ring (bicyclic) bond motifs is 1. The molecular weight excluding hydrogens is 560 g/mol. The van der Waals surface area contributed by atoms with Gasteiger partial charge in [-0.15, -0.1) is 0 Å². The number of phenolic OH excluding ortho intramolecular Hbond substituents is 1. The smallest absolute Gasteiger partial charge is 0.229 e. The van der Waals surface area contributed by atoms with E-state index in [0.29, 0.717) is 11.3 Å². The number of rotatable bonds is 7. The van der Waals surface area contributed by atoms with Crippen molar-refractivity contribution in [2.45, 2.75) is 68.3 Å². The quantitative estimate of drug-likeness (QED) is 0.179. The van der Waals surface area contributed by atoms with Gasteiger partial charge in [0.05, 0.1) is 19.8 Å². The summed E-state index contributed by atoms with van der Waals surface area (Å²) < 4.78 is 33.7. The van der Waals surface area contributed by atoms with Gasteiger partial charge >= 0.3 is 0 Å². The summed E-state index contributed by atoms with van der Waals surface area (Å²) in [5, 5.41) is 72.1. The van der Waals surface area contributed by atoms with Crippen molar-refractivity contribution in [1.29, 1.82) is 0 Å². The van der Waals surface area contributed by atoms with Gasteiger partial charge in [-0.1, -0.05) is 0 Å². The van der Waals surface area contributed by atoms with Crippen LogP contribution in [0.15, 0.2) is 51.7 Å². The van der Waals surface area contributed by atoms with Gasteiger partial charge in [-0.2, -0.15) is 0 Å². The molecular formula is C28H32O14. The van der Waals surface area contributed by atoms with Gasteiger partial charge in [0.2, 0.25) is 6.29 Å². The van der Waals surface area contributed by atoms with Crippen molar-refractivity contribution >= 4 is 11.0 Å². The van der Waals surface area contributed by atoms with Crippen molar-refractivity contribution in [1.82, 2.24) is 0 Å². The molecule has 0 amide bonds. The van der Waals surface area contributed by atoms with Crippen LogP contribution in [-0.4, -0.2) is 111 Å². The minimum Gasteiger partial charge on any atom is -0.507 e. The van der Waals surface area contributed by atoms with Crippen LogP contribution in [0, 0.1) is 0 Å². The number of hydrogen-bond donors (Lipinski definition) is 7. The van der Waals surface area contributed by atoms with Gasteiger partial charge < -0.3 is 63.8 Å². The van der Waals surface area contributed by atoms with Gasteiger partial charge in [0.1, 0.15) is 70.6 Å². The number of aliphatic hydroxyl groups excluding tert-OH is 6. The molecule has 2 aliphatic heterocycles. The third-order valence-corrected chi connectivity index (χ3v) is 7.33. The first-order valence-corrected chi connectivity index (χ1v) is 13.1. The highest BCUT2D eigenvalue weighted by molar-refractivity contribution is 5.86. The average Bonchev–Trinajstić information content (AvgIpc) is 2.97. The Morgan fingerprint density at radius 1 is 0.833 bits per heavy atom. The maximum atomic E-state index is 12.9. The van der Waals surface area contributed by atoms with Gasteiger partial charge in [-0.25, -0.2) is 0 Å². The number of ether oxygens (including phenoxy) is 5. The van der Waals surface area contributed by atoms with Crippen molar-refractivity contribution in [3.63, 3.8) is 0 Å². The Labute approximate surface area is 238 Å². The Hall–Kier alpha value is -3.31. The summed E-state index contributed by atoms with van der Waals surface area (Å²) in [7, 11) is 1.52. The number of methoxy groups -OCH3 is 1. The van der Waals surface area contributed by atoms with Crippen molar-refractivity contribution in [3.8, 4) is 28.6 Å². The summed E-state index contributed by atoms with van der Waals surface area (Å²) in [4.78, 5) is 12.9. The summed E-state index contributed by atoms with van der Waals surface area (Å²) in [6.07, 6.45) is -15.2. The van der Waals surface area contributed by atoms with Crippen molar-refractivity contribution in [3.05, 3.63) is 52.7 Å². The largest absolute Gasteiger partial charge is 0.507 e. The first-order chi connectivity index (χ1) is 20.0. The maximum absolute atomic E-state index is 12.9. The molecule has 0 bridgehead atoms. The highest BCUT2D eigenvalue weighted by Crippen LogP contribution is 2.35. The van der Waals surface area contributed by atoms with Crippen molar-refractivity contribution in [2.75, 3.05) is 13.7 Å². The minimum absolute atomic E-state index is 0.0483. The summed E-state index contributed by atoms with van der Waals surface area (Å²) >= 11 is 0. The Kier molecular flexibility index (Phi) is 8.71. The monoisotopic (exact) mass is 592 g/mol. The Morgan fingerprint density at radius 2 is 1.55 bits per heavy atom. The van der Waals surface area contributed by atoms with E-state index >= 15 is 0 Å². The molecule has 1 aromatic heterocycles. The number of hydrogen-bond acceptors (Lipinski definition) is 14.